The lowest BCUT2D eigenvalue weighted by Gasteiger charge is -2.14. The van der Waals surface area contributed by atoms with Crippen LogP contribution in [-0.4, -0.2) is 37.0 Å². The van der Waals surface area contributed by atoms with E-state index in [1.165, 1.54) is 0 Å². The van der Waals surface area contributed by atoms with Gasteiger partial charge in [0.1, 0.15) is 0 Å². The summed E-state index contributed by atoms with van der Waals surface area (Å²) in [6.45, 7) is 6.29. The van der Waals surface area contributed by atoms with Gasteiger partial charge in [0.2, 0.25) is 5.16 Å². The van der Waals surface area contributed by atoms with Gasteiger partial charge in [-0.15, -0.1) is 5.10 Å². The van der Waals surface area contributed by atoms with Gasteiger partial charge in [0.05, 0.1) is 11.8 Å². The Hall–Kier alpha value is -1.11. The van der Waals surface area contributed by atoms with Gasteiger partial charge in [0.25, 0.3) is 0 Å². The maximum absolute atomic E-state index is 10.5. The summed E-state index contributed by atoms with van der Waals surface area (Å²) in [4.78, 5) is 10.5. The van der Waals surface area contributed by atoms with E-state index < -0.39 is 5.97 Å². The van der Waals surface area contributed by atoms with Crippen molar-refractivity contribution in [3.8, 4) is 0 Å². The molecular formula is C9H16N4O2S. The number of carbonyl (C=O) groups is 1. The van der Waals surface area contributed by atoms with Crippen molar-refractivity contribution in [3.05, 3.63) is 0 Å². The predicted molar refractivity (Wildman–Crippen MR) is 60.3 cm³/mol. The lowest BCUT2D eigenvalue weighted by atomic mass is 10.1. The number of carboxylic acid groups (broad SMARTS) is 1. The third kappa shape index (κ3) is 3.80. The molecule has 0 aliphatic carbocycles. The zero-order valence-corrected chi connectivity index (χ0v) is 10.4. The van der Waals surface area contributed by atoms with Gasteiger partial charge in [-0.2, -0.15) is 0 Å². The van der Waals surface area contributed by atoms with Gasteiger partial charge in [0.15, 0.2) is 0 Å². The Bertz CT molecular complexity index is 353. The number of hydrogen-bond donors (Lipinski definition) is 1. The quantitative estimate of drug-likeness (QED) is 0.763. The third-order valence-electron chi connectivity index (χ3n) is 2.02. The Morgan fingerprint density at radius 1 is 1.50 bits per heavy atom. The molecular weight excluding hydrogens is 228 g/mol. The van der Waals surface area contributed by atoms with Gasteiger partial charge in [0, 0.05) is 0 Å². The molecule has 6 nitrogen and oxygen atoms in total. The molecule has 0 fully saturated rings. The SMILES string of the molecule is CC(C)CC(C)n1nnnc1SCC(=O)O. The fourth-order valence-electron chi connectivity index (χ4n) is 1.47. The van der Waals surface area contributed by atoms with Crippen molar-refractivity contribution in [2.45, 2.75) is 38.4 Å². The number of aliphatic carboxylic acids is 1. The summed E-state index contributed by atoms with van der Waals surface area (Å²) in [6.07, 6.45) is 0.964. The highest BCUT2D eigenvalue weighted by Gasteiger charge is 2.15. The maximum Gasteiger partial charge on any atom is 0.313 e. The first-order valence-electron chi connectivity index (χ1n) is 5.13. The number of aromatic nitrogens is 4. The van der Waals surface area contributed by atoms with E-state index in [4.69, 9.17) is 5.11 Å². The van der Waals surface area contributed by atoms with Crippen LogP contribution in [0.5, 0.6) is 0 Å². The molecule has 1 heterocycles. The minimum absolute atomic E-state index is 0.0191. The molecule has 16 heavy (non-hydrogen) atoms. The third-order valence-corrected chi connectivity index (χ3v) is 2.94. The van der Waals surface area contributed by atoms with Gasteiger partial charge >= 0.3 is 5.97 Å². The maximum atomic E-state index is 10.5. The molecule has 0 radical (unpaired) electrons. The van der Waals surface area contributed by atoms with Crippen LogP contribution < -0.4 is 0 Å². The Labute approximate surface area is 98.4 Å². The van der Waals surface area contributed by atoms with Crippen molar-refractivity contribution in [3.63, 3.8) is 0 Å². The van der Waals surface area contributed by atoms with Crippen molar-refractivity contribution in [2.75, 3.05) is 5.75 Å². The second-order valence-corrected chi connectivity index (χ2v) is 5.01. The average molecular weight is 244 g/mol. The largest absolute Gasteiger partial charge is 0.481 e. The molecule has 1 atom stereocenters. The van der Waals surface area contributed by atoms with E-state index in [0.717, 1.165) is 18.2 Å². The standard InChI is InChI=1S/C9H16N4O2S/c1-6(2)4-7(3)13-9(10-11-12-13)16-5-8(14)15/h6-7H,4-5H2,1-3H3,(H,14,15). The summed E-state index contributed by atoms with van der Waals surface area (Å²) >= 11 is 1.14. The second kappa shape index (κ2) is 5.83. The summed E-state index contributed by atoms with van der Waals surface area (Å²) in [7, 11) is 0. The van der Waals surface area contributed by atoms with E-state index in [-0.39, 0.29) is 11.8 Å². The molecule has 0 saturated heterocycles. The predicted octanol–water partition coefficient (Wildman–Crippen LogP) is 1.46. The van der Waals surface area contributed by atoms with Gasteiger partial charge in [-0.3, -0.25) is 4.79 Å². The summed E-state index contributed by atoms with van der Waals surface area (Å²) in [5.41, 5.74) is 0. The highest BCUT2D eigenvalue weighted by atomic mass is 32.2. The topological polar surface area (TPSA) is 80.9 Å². The lowest BCUT2D eigenvalue weighted by molar-refractivity contribution is -0.133. The van der Waals surface area contributed by atoms with Crippen LogP contribution in [0.1, 0.15) is 33.2 Å². The van der Waals surface area contributed by atoms with Gasteiger partial charge in [-0.25, -0.2) is 4.68 Å². The normalized spacial score (nSPS) is 13.0. The van der Waals surface area contributed by atoms with E-state index >= 15 is 0 Å². The number of nitrogens with zero attached hydrogens (tertiary/aromatic N) is 4. The molecule has 0 aromatic carbocycles. The molecule has 0 aliphatic rings. The zero-order chi connectivity index (χ0) is 12.1. The number of tetrazole rings is 1. The molecule has 0 spiro atoms. The fraction of sp³-hybridized carbons (Fsp3) is 0.778. The average Bonchev–Trinajstić information content (AvgIpc) is 2.61. The lowest BCUT2D eigenvalue weighted by Crippen LogP contribution is -2.12. The van der Waals surface area contributed by atoms with Crippen molar-refractivity contribution >= 4 is 17.7 Å². The Morgan fingerprint density at radius 3 is 2.75 bits per heavy atom. The van der Waals surface area contributed by atoms with Crippen LogP contribution in [0.25, 0.3) is 0 Å². The number of hydrogen-bond acceptors (Lipinski definition) is 5. The smallest absolute Gasteiger partial charge is 0.313 e. The number of carboxylic acids is 1. The van der Waals surface area contributed by atoms with Crippen molar-refractivity contribution < 1.29 is 9.90 Å². The van der Waals surface area contributed by atoms with Gasteiger partial charge in [-0.05, 0) is 29.7 Å². The van der Waals surface area contributed by atoms with Crippen LogP contribution in [0.15, 0.2) is 5.16 Å². The monoisotopic (exact) mass is 244 g/mol. The summed E-state index contributed by atoms with van der Waals surface area (Å²) in [5, 5.41) is 20.4. The van der Waals surface area contributed by atoms with Crippen LogP contribution in [0.4, 0.5) is 0 Å². The van der Waals surface area contributed by atoms with Crippen LogP contribution in [-0.2, 0) is 4.79 Å². The first-order chi connectivity index (χ1) is 7.50. The van der Waals surface area contributed by atoms with E-state index in [9.17, 15) is 4.79 Å². The van der Waals surface area contributed by atoms with Crippen molar-refractivity contribution in [1.29, 1.82) is 0 Å². The first kappa shape index (κ1) is 13.0. The fourth-order valence-corrected chi connectivity index (χ4v) is 2.16. The van der Waals surface area contributed by atoms with E-state index in [2.05, 4.69) is 29.4 Å². The molecule has 1 N–H and O–H groups in total. The summed E-state index contributed by atoms with van der Waals surface area (Å²) in [5.74, 6) is -0.331. The minimum atomic E-state index is -0.865. The van der Waals surface area contributed by atoms with E-state index in [1.807, 2.05) is 6.92 Å². The molecule has 90 valence electrons. The summed E-state index contributed by atoms with van der Waals surface area (Å²) < 4.78 is 1.69. The molecule has 1 aromatic rings. The highest BCUT2D eigenvalue weighted by Crippen LogP contribution is 2.21. The Morgan fingerprint density at radius 2 is 2.19 bits per heavy atom. The molecule has 1 unspecified atom stereocenters. The van der Waals surface area contributed by atoms with Crippen molar-refractivity contribution in [1.82, 2.24) is 20.2 Å². The zero-order valence-electron chi connectivity index (χ0n) is 9.62. The number of rotatable bonds is 6. The first-order valence-corrected chi connectivity index (χ1v) is 6.11. The molecule has 0 aliphatic heterocycles. The Balaban J connectivity index is 2.65. The second-order valence-electron chi connectivity index (χ2n) is 4.07. The van der Waals surface area contributed by atoms with Gasteiger partial charge in [-0.1, -0.05) is 25.6 Å². The molecule has 0 saturated carbocycles. The molecule has 0 bridgehead atoms. The van der Waals surface area contributed by atoms with Crippen molar-refractivity contribution in [2.24, 2.45) is 5.92 Å². The van der Waals surface area contributed by atoms with Crippen LogP contribution >= 0.6 is 11.8 Å². The van der Waals surface area contributed by atoms with Crippen LogP contribution in [0.2, 0.25) is 0 Å². The van der Waals surface area contributed by atoms with E-state index in [1.54, 1.807) is 4.68 Å². The molecule has 0 amide bonds. The van der Waals surface area contributed by atoms with E-state index in [0.29, 0.717) is 11.1 Å². The highest BCUT2D eigenvalue weighted by molar-refractivity contribution is 7.99. The Kier molecular flexibility index (Phi) is 4.72. The van der Waals surface area contributed by atoms with Crippen LogP contribution in [0, 0.1) is 5.92 Å². The molecule has 1 rings (SSSR count). The van der Waals surface area contributed by atoms with Gasteiger partial charge < -0.3 is 5.11 Å². The minimum Gasteiger partial charge on any atom is -0.481 e. The van der Waals surface area contributed by atoms with Crippen LogP contribution in [0.3, 0.4) is 0 Å². The molecule has 1 aromatic heterocycles. The number of thioether (sulfide) groups is 1. The summed E-state index contributed by atoms with van der Waals surface area (Å²) in [6, 6.07) is 0.186. The molecule has 7 heteroatoms.